The molecule has 7 aromatic carbocycles. The summed E-state index contributed by atoms with van der Waals surface area (Å²) in [4.78, 5) is 5.04. The molecule has 1 heteroatoms. The van der Waals surface area contributed by atoms with Gasteiger partial charge in [0.25, 0.3) is 0 Å². The van der Waals surface area contributed by atoms with E-state index >= 15 is 0 Å². The number of nitrogens with zero attached hydrogens (tertiary/aromatic N) is 1. The van der Waals surface area contributed by atoms with Crippen LogP contribution in [0.25, 0.3) is 78.1 Å². The van der Waals surface area contributed by atoms with Crippen molar-refractivity contribution in [1.82, 2.24) is 4.98 Å². The van der Waals surface area contributed by atoms with Crippen LogP contribution in [0.2, 0.25) is 0 Å². The fourth-order valence-electron chi connectivity index (χ4n) is 6.31. The van der Waals surface area contributed by atoms with E-state index in [0.717, 1.165) is 28.1 Å². The largest absolute Gasteiger partial charge is 0.248 e. The zero-order valence-electron chi connectivity index (χ0n) is 26.5. The molecule has 1 heterocycles. The number of aromatic nitrogens is 1. The Balaban J connectivity index is 1.11. The molecule has 0 saturated carbocycles. The number of rotatable bonds is 7. The van der Waals surface area contributed by atoms with Gasteiger partial charge in [0, 0.05) is 11.1 Å². The van der Waals surface area contributed by atoms with Crippen molar-refractivity contribution in [2.45, 2.75) is 0 Å². The molecule has 0 atom stereocenters. The summed E-state index contributed by atoms with van der Waals surface area (Å²) in [6.45, 7) is 0. The normalized spacial score (nSPS) is 10.9. The minimum atomic E-state index is 0.971. The van der Waals surface area contributed by atoms with Gasteiger partial charge in [0.15, 0.2) is 0 Å². The van der Waals surface area contributed by atoms with Crippen molar-refractivity contribution in [3.05, 3.63) is 200 Å². The van der Waals surface area contributed by atoms with Gasteiger partial charge in [-0.2, -0.15) is 0 Å². The monoisotopic (exact) mass is 611 g/mol. The molecule has 0 aliphatic rings. The molecule has 0 spiro atoms. The van der Waals surface area contributed by atoms with Gasteiger partial charge >= 0.3 is 0 Å². The maximum atomic E-state index is 5.04. The van der Waals surface area contributed by atoms with E-state index in [9.17, 15) is 0 Å². The lowest BCUT2D eigenvalue weighted by molar-refractivity contribution is 1.32. The fourth-order valence-corrected chi connectivity index (χ4v) is 6.31. The van der Waals surface area contributed by atoms with Crippen LogP contribution in [0.4, 0.5) is 0 Å². The summed E-state index contributed by atoms with van der Waals surface area (Å²) >= 11 is 0. The topological polar surface area (TPSA) is 12.9 Å². The molecule has 0 N–H and O–H groups in total. The Kier molecular flexibility index (Phi) is 8.01. The van der Waals surface area contributed by atoms with Gasteiger partial charge in [-0.3, -0.25) is 0 Å². The summed E-state index contributed by atoms with van der Waals surface area (Å²) in [5.41, 5.74) is 16.1. The average molecular weight is 612 g/mol. The zero-order chi connectivity index (χ0) is 32.1. The highest BCUT2D eigenvalue weighted by Crippen LogP contribution is 2.35. The number of pyridine rings is 1. The Morgan fingerprint density at radius 2 is 0.417 bits per heavy atom. The molecule has 0 aliphatic heterocycles. The third kappa shape index (κ3) is 6.23. The van der Waals surface area contributed by atoms with E-state index in [1.54, 1.807) is 0 Å². The van der Waals surface area contributed by atoms with Gasteiger partial charge in [-0.15, -0.1) is 0 Å². The molecule has 0 unspecified atom stereocenters. The van der Waals surface area contributed by atoms with Crippen molar-refractivity contribution in [1.29, 1.82) is 0 Å². The summed E-state index contributed by atoms with van der Waals surface area (Å²) in [5, 5.41) is 0. The smallest absolute Gasteiger partial charge is 0.0715 e. The van der Waals surface area contributed by atoms with Crippen LogP contribution in [0, 0.1) is 0 Å². The number of hydrogen-bond donors (Lipinski definition) is 0. The first-order valence-electron chi connectivity index (χ1n) is 16.4. The van der Waals surface area contributed by atoms with Crippen molar-refractivity contribution in [2.24, 2.45) is 0 Å². The van der Waals surface area contributed by atoms with Gasteiger partial charge in [0.05, 0.1) is 11.4 Å². The van der Waals surface area contributed by atoms with Crippen molar-refractivity contribution < 1.29 is 0 Å². The second kappa shape index (κ2) is 13.2. The molecule has 1 nitrogen and oxygen atoms in total. The lowest BCUT2D eigenvalue weighted by Gasteiger charge is -2.12. The van der Waals surface area contributed by atoms with E-state index in [4.69, 9.17) is 4.98 Å². The SMILES string of the molecule is c1ccc(-c2cc(-c3ccccc3)cc(-c3ccc(-c4ccc(-c5cc(-c6ccccc6)nc(-c6ccccc6)c5)cc4)cc3)c2)cc1. The molecule has 1 aromatic heterocycles. The van der Waals surface area contributed by atoms with E-state index in [-0.39, 0.29) is 0 Å². The highest BCUT2D eigenvalue weighted by Gasteiger charge is 2.11. The molecular formula is C47H33N. The van der Waals surface area contributed by atoms with Crippen molar-refractivity contribution in [3.63, 3.8) is 0 Å². The van der Waals surface area contributed by atoms with Gasteiger partial charge < -0.3 is 0 Å². The predicted octanol–water partition coefficient (Wildman–Crippen LogP) is 12.8. The minimum Gasteiger partial charge on any atom is -0.248 e. The Morgan fingerprint density at radius 3 is 0.729 bits per heavy atom. The Bertz CT molecular complexity index is 1990. The Labute approximate surface area is 282 Å². The van der Waals surface area contributed by atoms with Gasteiger partial charge in [0.2, 0.25) is 0 Å². The highest BCUT2D eigenvalue weighted by atomic mass is 14.7. The van der Waals surface area contributed by atoms with Crippen molar-refractivity contribution >= 4 is 0 Å². The van der Waals surface area contributed by atoms with E-state index < -0.39 is 0 Å². The van der Waals surface area contributed by atoms with E-state index in [0.29, 0.717) is 0 Å². The van der Waals surface area contributed by atoms with Crippen LogP contribution in [-0.4, -0.2) is 4.98 Å². The first-order chi connectivity index (χ1) is 23.8. The molecule has 8 rings (SSSR count). The summed E-state index contributed by atoms with van der Waals surface area (Å²) in [5.74, 6) is 0. The van der Waals surface area contributed by atoms with Crippen LogP contribution in [0.3, 0.4) is 0 Å². The molecule has 0 aliphatic carbocycles. The molecule has 0 amide bonds. The lowest BCUT2D eigenvalue weighted by Crippen LogP contribution is -1.91. The lowest BCUT2D eigenvalue weighted by atomic mass is 9.92. The maximum Gasteiger partial charge on any atom is 0.0715 e. The maximum absolute atomic E-state index is 5.04. The molecule has 0 radical (unpaired) electrons. The quantitative estimate of drug-likeness (QED) is 0.175. The van der Waals surface area contributed by atoms with Crippen molar-refractivity contribution in [3.8, 4) is 78.1 Å². The first kappa shape index (κ1) is 29.1. The third-order valence-electron chi connectivity index (χ3n) is 8.88. The van der Waals surface area contributed by atoms with Crippen LogP contribution >= 0.6 is 0 Å². The van der Waals surface area contributed by atoms with Crippen LogP contribution in [0.15, 0.2) is 200 Å². The Hall–Kier alpha value is -6.31. The summed E-state index contributed by atoms with van der Waals surface area (Å²) in [7, 11) is 0. The number of benzene rings is 7. The van der Waals surface area contributed by atoms with Crippen LogP contribution in [0.1, 0.15) is 0 Å². The molecule has 0 bridgehead atoms. The number of hydrogen-bond acceptors (Lipinski definition) is 1. The summed E-state index contributed by atoms with van der Waals surface area (Å²) in [6.07, 6.45) is 0. The van der Waals surface area contributed by atoms with Crippen LogP contribution in [0.5, 0.6) is 0 Å². The van der Waals surface area contributed by atoms with E-state index in [1.807, 2.05) is 12.1 Å². The fraction of sp³-hybridized carbons (Fsp3) is 0. The molecular weight excluding hydrogens is 579 g/mol. The Morgan fingerprint density at radius 1 is 0.188 bits per heavy atom. The van der Waals surface area contributed by atoms with Gasteiger partial charge in [0.1, 0.15) is 0 Å². The first-order valence-corrected chi connectivity index (χ1v) is 16.4. The molecule has 48 heavy (non-hydrogen) atoms. The highest BCUT2D eigenvalue weighted by molar-refractivity contribution is 5.83. The van der Waals surface area contributed by atoms with Crippen LogP contribution in [-0.2, 0) is 0 Å². The molecule has 0 saturated heterocycles. The van der Waals surface area contributed by atoms with Crippen molar-refractivity contribution in [2.75, 3.05) is 0 Å². The summed E-state index contributed by atoms with van der Waals surface area (Å²) in [6, 6.07) is 71.2. The van der Waals surface area contributed by atoms with Gasteiger partial charge in [-0.25, -0.2) is 4.98 Å². The zero-order valence-corrected chi connectivity index (χ0v) is 26.5. The molecule has 8 aromatic rings. The van der Waals surface area contributed by atoms with Crippen LogP contribution < -0.4 is 0 Å². The molecule has 226 valence electrons. The second-order valence-electron chi connectivity index (χ2n) is 12.0. The molecule has 0 fully saturated rings. The predicted molar refractivity (Wildman–Crippen MR) is 202 cm³/mol. The van der Waals surface area contributed by atoms with E-state index in [2.05, 4.69) is 188 Å². The standard InChI is InChI=1S/C47H33N/c1-5-13-34(14-6-1)42-29-43(35-15-7-2-8-16-35)31-44(30-42)38-25-21-36(22-26-38)37-23-27-39(28-24-37)45-32-46(40-17-9-3-10-18-40)48-47(33-45)41-19-11-4-12-20-41/h1-33H. The summed E-state index contributed by atoms with van der Waals surface area (Å²) < 4.78 is 0. The van der Waals surface area contributed by atoms with E-state index in [1.165, 1.54) is 50.1 Å². The third-order valence-corrected chi connectivity index (χ3v) is 8.88. The van der Waals surface area contributed by atoms with Gasteiger partial charge in [-0.05, 0) is 86.0 Å². The van der Waals surface area contributed by atoms with Gasteiger partial charge in [-0.1, -0.05) is 170 Å². The second-order valence-corrected chi connectivity index (χ2v) is 12.0. The minimum absolute atomic E-state index is 0.971. The average Bonchev–Trinajstić information content (AvgIpc) is 3.19.